The quantitative estimate of drug-likeness (QED) is 0.665. The molecule has 0 aliphatic carbocycles. The molecule has 0 atom stereocenters. The zero-order valence-corrected chi connectivity index (χ0v) is 10.1. The fourth-order valence-electron chi connectivity index (χ4n) is 1.07. The van der Waals surface area contributed by atoms with E-state index in [1.165, 1.54) is 6.33 Å². The van der Waals surface area contributed by atoms with Crippen LogP contribution >= 0.6 is 23.3 Å². The molecule has 0 radical (unpaired) electrons. The van der Waals surface area contributed by atoms with Crippen LogP contribution < -0.4 is 0 Å². The standard InChI is InChI=1S/C8H4N4O4S2/c13-7(14)5-1-4(12(15)16)2-9-6(5)17-8-10-3-11-18-8/h1-3H,(H,13,14). The molecular weight excluding hydrogens is 280 g/mol. The van der Waals surface area contributed by atoms with Gasteiger partial charge in [-0.15, -0.1) is 0 Å². The van der Waals surface area contributed by atoms with Gasteiger partial charge in [0.1, 0.15) is 17.6 Å². The predicted octanol–water partition coefficient (Wildman–Crippen LogP) is 1.69. The zero-order chi connectivity index (χ0) is 13.1. The Kier molecular flexibility index (Phi) is 3.48. The van der Waals surface area contributed by atoms with Gasteiger partial charge in [-0.25, -0.2) is 14.8 Å². The third-order valence-electron chi connectivity index (χ3n) is 1.80. The minimum absolute atomic E-state index is 0.143. The molecule has 18 heavy (non-hydrogen) atoms. The van der Waals surface area contributed by atoms with Crippen molar-refractivity contribution in [2.24, 2.45) is 0 Å². The van der Waals surface area contributed by atoms with E-state index < -0.39 is 10.9 Å². The van der Waals surface area contributed by atoms with Gasteiger partial charge in [0.05, 0.1) is 10.5 Å². The minimum atomic E-state index is -1.28. The molecule has 2 aromatic heterocycles. The maximum absolute atomic E-state index is 11.0. The number of aromatic nitrogens is 3. The van der Waals surface area contributed by atoms with Crippen molar-refractivity contribution in [2.45, 2.75) is 9.37 Å². The van der Waals surface area contributed by atoms with Crippen molar-refractivity contribution in [1.82, 2.24) is 14.3 Å². The first-order valence-electron chi connectivity index (χ1n) is 4.40. The maximum atomic E-state index is 11.0. The van der Waals surface area contributed by atoms with E-state index in [0.29, 0.717) is 4.34 Å². The molecule has 1 N–H and O–H groups in total. The number of nitro groups is 1. The third-order valence-corrected chi connectivity index (χ3v) is 3.54. The molecular formula is C8H4N4O4S2. The molecule has 10 heteroatoms. The average Bonchev–Trinajstić information content (AvgIpc) is 2.81. The number of pyridine rings is 1. The topological polar surface area (TPSA) is 119 Å². The Hall–Kier alpha value is -2.07. The Labute approximate surface area is 108 Å². The number of hydrogen-bond acceptors (Lipinski definition) is 8. The molecule has 0 fully saturated rings. The van der Waals surface area contributed by atoms with E-state index in [9.17, 15) is 14.9 Å². The lowest BCUT2D eigenvalue weighted by atomic mass is 10.3. The summed E-state index contributed by atoms with van der Waals surface area (Å²) in [6.07, 6.45) is 2.34. The monoisotopic (exact) mass is 284 g/mol. The van der Waals surface area contributed by atoms with Crippen LogP contribution in [0.5, 0.6) is 0 Å². The summed E-state index contributed by atoms with van der Waals surface area (Å²) in [5, 5.41) is 19.7. The van der Waals surface area contributed by atoms with Crippen LogP contribution in [0.25, 0.3) is 0 Å². The van der Waals surface area contributed by atoms with Crippen molar-refractivity contribution in [1.29, 1.82) is 0 Å². The van der Waals surface area contributed by atoms with Crippen molar-refractivity contribution in [3.8, 4) is 0 Å². The van der Waals surface area contributed by atoms with Crippen molar-refractivity contribution >= 4 is 35.0 Å². The number of carbonyl (C=O) groups is 1. The Bertz CT molecular complexity index is 601. The van der Waals surface area contributed by atoms with Gasteiger partial charge in [-0.1, -0.05) is 0 Å². The van der Waals surface area contributed by atoms with Crippen LogP contribution in [-0.4, -0.2) is 30.3 Å². The Morgan fingerprint density at radius 2 is 2.28 bits per heavy atom. The van der Waals surface area contributed by atoms with Crippen LogP contribution in [0.2, 0.25) is 0 Å². The van der Waals surface area contributed by atoms with Crippen molar-refractivity contribution in [2.75, 3.05) is 0 Å². The third kappa shape index (κ3) is 2.60. The van der Waals surface area contributed by atoms with E-state index in [1.54, 1.807) is 0 Å². The van der Waals surface area contributed by atoms with Crippen LogP contribution in [0, 0.1) is 10.1 Å². The maximum Gasteiger partial charge on any atom is 0.338 e. The number of aromatic carboxylic acids is 1. The van der Waals surface area contributed by atoms with E-state index in [-0.39, 0.29) is 16.3 Å². The second-order valence-corrected chi connectivity index (χ2v) is 4.93. The summed E-state index contributed by atoms with van der Waals surface area (Å²) >= 11 is 2.08. The van der Waals surface area contributed by atoms with Gasteiger partial charge in [0.15, 0.2) is 4.34 Å². The average molecular weight is 284 g/mol. The second-order valence-electron chi connectivity index (χ2n) is 2.92. The highest BCUT2D eigenvalue weighted by Crippen LogP contribution is 2.30. The molecule has 0 saturated heterocycles. The van der Waals surface area contributed by atoms with E-state index in [0.717, 1.165) is 35.6 Å². The second kappa shape index (κ2) is 5.06. The first-order valence-corrected chi connectivity index (χ1v) is 5.99. The highest BCUT2D eigenvalue weighted by molar-refractivity contribution is 8.01. The van der Waals surface area contributed by atoms with Gasteiger partial charge in [0, 0.05) is 6.07 Å². The Balaban J connectivity index is 2.40. The summed E-state index contributed by atoms with van der Waals surface area (Å²) in [4.78, 5) is 28.5. The van der Waals surface area contributed by atoms with Gasteiger partial charge < -0.3 is 5.11 Å². The first-order chi connectivity index (χ1) is 8.58. The van der Waals surface area contributed by atoms with Crippen LogP contribution in [0.15, 0.2) is 28.0 Å². The summed E-state index contributed by atoms with van der Waals surface area (Å²) in [7, 11) is 0. The van der Waals surface area contributed by atoms with Crippen molar-refractivity contribution in [3.05, 3.63) is 34.3 Å². The summed E-state index contributed by atoms with van der Waals surface area (Å²) in [6.45, 7) is 0. The number of carboxylic acids is 1. The first kappa shape index (κ1) is 12.4. The summed E-state index contributed by atoms with van der Waals surface area (Å²) in [5.74, 6) is -1.28. The summed E-state index contributed by atoms with van der Waals surface area (Å²) in [5.41, 5.74) is -0.599. The number of hydrogen-bond donors (Lipinski definition) is 1. The molecule has 2 heterocycles. The van der Waals surface area contributed by atoms with Crippen LogP contribution in [0.4, 0.5) is 5.69 Å². The number of carboxylic acid groups (broad SMARTS) is 1. The fourth-order valence-corrected chi connectivity index (χ4v) is 2.49. The molecule has 0 bridgehead atoms. The van der Waals surface area contributed by atoms with Crippen molar-refractivity contribution in [3.63, 3.8) is 0 Å². The van der Waals surface area contributed by atoms with Gasteiger partial charge in [-0.05, 0) is 23.3 Å². The minimum Gasteiger partial charge on any atom is -0.478 e. The van der Waals surface area contributed by atoms with Crippen LogP contribution in [0.1, 0.15) is 10.4 Å². The molecule has 0 spiro atoms. The smallest absolute Gasteiger partial charge is 0.338 e. The largest absolute Gasteiger partial charge is 0.478 e. The predicted molar refractivity (Wildman–Crippen MR) is 61.9 cm³/mol. The zero-order valence-electron chi connectivity index (χ0n) is 8.51. The van der Waals surface area contributed by atoms with Gasteiger partial charge >= 0.3 is 5.97 Å². The molecule has 8 nitrogen and oxygen atoms in total. The normalized spacial score (nSPS) is 10.2. The summed E-state index contributed by atoms with van der Waals surface area (Å²) < 4.78 is 4.28. The Morgan fingerprint density at radius 1 is 1.50 bits per heavy atom. The van der Waals surface area contributed by atoms with Gasteiger partial charge in [0.2, 0.25) is 0 Å². The number of nitrogens with zero attached hydrogens (tertiary/aromatic N) is 4. The van der Waals surface area contributed by atoms with Crippen LogP contribution in [0.3, 0.4) is 0 Å². The van der Waals surface area contributed by atoms with Gasteiger partial charge in [-0.3, -0.25) is 10.1 Å². The SMILES string of the molecule is O=C(O)c1cc([N+](=O)[O-])cnc1Sc1ncns1. The molecule has 0 amide bonds. The van der Waals surface area contributed by atoms with E-state index >= 15 is 0 Å². The lowest BCUT2D eigenvalue weighted by molar-refractivity contribution is -0.385. The molecule has 2 rings (SSSR count). The lowest BCUT2D eigenvalue weighted by Gasteiger charge is -2.01. The Morgan fingerprint density at radius 3 is 2.83 bits per heavy atom. The van der Waals surface area contributed by atoms with Crippen molar-refractivity contribution < 1.29 is 14.8 Å². The van der Waals surface area contributed by atoms with Gasteiger partial charge in [-0.2, -0.15) is 4.37 Å². The number of rotatable bonds is 4. The van der Waals surface area contributed by atoms with Crippen LogP contribution in [-0.2, 0) is 0 Å². The summed E-state index contributed by atoms with van der Waals surface area (Å²) in [6, 6.07) is 0.971. The fraction of sp³-hybridized carbons (Fsp3) is 0. The highest BCUT2D eigenvalue weighted by atomic mass is 32.2. The molecule has 92 valence electrons. The van der Waals surface area contributed by atoms with E-state index in [1.807, 2.05) is 0 Å². The molecule has 0 aliphatic rings. The van der Waals surface area contributed by atoms with E-state index in [4.69, 9.17) is 5.11 Å². The van der Waals surface area contributed by atoms with Gasteiger partial charge in [0.25, 0.3) is 5.69 Å². The molecule has 0 aromatic carbocycles. The molecule has 0 aliphatic heterocycles. The van der Waals surface area contributed by atoms with E-state index in [2.05, 4.69) is 14.3 Å². The molecule has 0 saturated carbocycles. The molecule has 0 unspecified atom stereocenters. The lowest BCUT2D eigenvalue weighted by Crippen LogP contribution is -2.02. The molecule has 2 aromatic rings. The highest BCUT2D eigenvalue weighted by Gasteiger charge is 2.19.